The molecule has 0 bridgehead atoms. The molecular weight excluding hydrogens is 134 g/mol. The van der Waals surface area contributed by atoms with Crippen LogP contribution in [0.4, 0.5) is 8.78 Å². The van der Waals surface area contributed by atoms with Crippen LogP contribution in [0.5, 0.6) is 0 Å². The summed E-state index contributed by atoms with van der Waals surface area (Å²) in [6.45, 7) is 1.61. The van der Waals surface area contributed by atoms with Crippen molar-refractivity contribution in [2.75, 3.05) is 0 Å². The topological polar surface area (TPSA) is 0 Å². The number of hydrogen-bond acceptors (Lipinski definition) is 0. The van der Waals surface area contributed by atoms with Gasteiger partial charge in [0.2, 0.25) is 0 Å². The van der Waals surface area contributed by atoms with Crippen LogP contribution in [-0.2, 0) is 0 Å². The van der Waals surface area contributed by atoms with Crippen LogP contribution in [0.15, 0.2) is 10.6 Å². The van der Waals surface area contributed by atoms with E-state index in [0.717, 1.165) is 0 Å². The molecule has 0 aliphatic heterocycles. The maximum atomic E-state index is 12.0. The van der Waals surface area contributed by atoms with Crippen LogP contribution in [0, 0.1) is 0 Å². The Hall–Kier alpha value is -0.110. The van der Waals surface area contributed by atoms with Gasteiger partial charge in [-0.25, -0.2) is 0 Å². The minimum absolute atomic E-state index is 0.161. The molecule has 0 saturated carbocycles. The van der Waals surface area contributed by atoms with Crippen molar-refractivity contribution in [2.24, 2.45) is 0 Å². The lowest BCUT2D eigenvalue weighted by molar-refractivity contribution is 0.0278. The summed E-state index contributed by atoms with van der Waals surface area (Å²) in [7, 11) is 0. The van der Waals surface area contributed by atoms with Crippen molar-refractivity contribution in [3.8, 4) is 0 Å². The van der Waals surface area contributed by atoms with Gasteiger partial charge in [-0.3, -0.25) is 0 Å². The lowest BCUT2D eigenvalue weighted by Gasteiger charge is -2.26. The Morgan fingerprint density at radius 3 is 2.12 bits per heavy atom. The molecule has 0 aromatic carbocycles. The number of halogens is 3. The van der Waals surface area contributed by atoms with Crippen molar-refractivity contribution in [1.82, 2.24) is 0 Å². The summed E-state index contributed by atoms with van der Waals surface area (Å²) in [6.07, 6.45) is -0.161. The number of allylic oxidation sites excluding steroid dienone is 2. The van der Waals surface area contributed by atoms with Gasteiger partial charge in [0, 0.05) is 6.42 Å². The van der Waals surface area contributed by atoms with E-state index in [1.807, 2.05) is 0 Å². The van der Waals surface area contributed by atoms with Crippen LogP contribution in [-0.4, -0.2) is 5.92 Å². The normalized spacial score (nSPS) is 25.5. The lowest BCUT2D eigenvalue weighted by Crippen LogP contribution is -2.26. The number of hydrogen-bond donors (Lipinski definition) is 0. The van der Waals surface area contributed by atoms with E-state index in [2.05, 4.69) is 0 Å². The van der Waals surface area contributed by atoms with Crippen LogP contribution in [0.3, 0.4) is 0 Å². The highest BCUT2D eigenvalue weighted by atomic mass is 35.5. The molecule has 1 aliphatic rings. The van der Waals surface area contributed by atoms with E-state index in [1.165, 1.54) is 0 Å². The molecule has 0 aromatic rings. The minimum Gasteiger partial charge on any atom is -0.200 e. The van der Waals surface area contributed by atoms with Gasteiger partial charge in [-0.15, -0.1) is 0 Å². The van der Waals surface area contributed by atoms with Gasteiger partial charge in [-0.05, 0) is 12.5 Å². The molecule has 0 amide bonds. The lowest BCUT2D eigenvalue weighted by atomic mass is 9.96. The largest absolute Gasteiger partial charge is 0.287 e. The van der Waals surface area contributed by atoms with E-state index in [1.54, 1.807) is 6.92 Å². The van der Waals surface area contributed by atoms with Gasteiger partial charge < -0.3 is 0 Å². The predicted octanol–water partition coefficient (Wildman–Crippen LogP) is 2.54. The molecule has 0 heterocycles. The zero-order valence-corrected chi connectivity index (χ0v) is 5.10. The van der Waals surface area contributed by atoms with Gasteiger partial charge >= 0.3 is 0 Å². The van der Waals surface area contributed by atoms with Gasteiger partial charge in [0.15, 0.2) is 0 Å². The maximum absolute atomic E-state index is 12.0. The maximum Gasteiger partial charge on any atom is 0.287 e. The summed E-state index contributed by atoms with van der Waals surface area (Å²) < 4.78 is 24.0. The molecule has 0 saturated heterocycles. The average molecular weight is 139 g/mol. The molecular formula is C5H5ClF2. The Labute approximate surface area is 51.1 Å². The zero-order valence-electron chi connectivity index (χ0n) is 4.34. The molecule has 3 heteroatoms. The molecule has 1 aliphatic carbocycles. The molecule has 0 aromatic heterocycles. The van der Waals surface area contributed by atoms with Crippen molar-refractivity contribution in [1.29, 1.82) is 0 Å². The van der Waals surface area contributed by atoms with Crippen LogP contribution in [0.25, 0.3) is 0 Å². The fraction of sp³-hybridized carbons (Fsp3) is 0.600. The first-order valence-corrected chi connectivity index (χ1v) is 2.65. The fourth-order valence-corrected chi connectivity index (χ4v) is 0.827. The quantitative estimate of drug-likeness (QED) is 0.483. The van der Waals surface area contributed by atoms with E-state index in [0.29, 0.717) is 5.57 Å². The van der Waals surface area contributed by atoms with E-state index in [-0.39, 0.29) is 11.5 Å². The van der Waals surface area contributed by atoms with Crippen molar-refractivity contribution >= 4 is 11.6 Å². The first-order valence-electron chi connectivity index (χ1n) is 2.27. The molecule has 0 unspecified atom stereocenters. The highest BCUT2D eigenvalue weighted by molar-refractivity contribution is 6.31. The van der Waals surface area contributed by atoms with Crippen molar-refractivity contribution < 1.29 is 8.78 Å². The molecule has 46 valence electrons. The molecule has 1 rings (SSSR count). The van der Waals surface area contributed by atoms with E-state index < -0.39 is 5.92 Å². The first kappa shape index (κ1) is 6.02. The fourth-order valence-electron chi connectivity index (χ4n) is 0.694. The summed E-state index contributed by atoms with van der Waals surface area (Å²) in [4.78, 5) is 0. The Bertz CT molecular complexity index is 149. The molecule has 0 N–H and O–H groups in total. The Morgan fingerprint density at radius 1 is 1.62 bits per heavy atom. The summed E-state index contributed by atoms with van der Waals surface area (Å²) in [5.74, 6) is -2.70. The Kier molecular flexibility index (Phi) is 1.08. The summed E-state index contributed by atoms with van der Waals surface area (Å²) >= 11 is 5.12. The third-order valence-electron chi connectivity index (χ3n) is 1.18. The Balaban J connectivity index is 2.80. The van der Waals surface area contributed by atoms with Crippen LogP contribution >= 0.6 is 11.6 Å². The minimum atomic E-state index is -2.70. The van der Waals surface area contributed by atoms with Crippen LogP contribution in [0.1, 0.15) is 13.3 Å². The molecule has 8 heavy (non-hydrogen) atoms. The Morgan fingerprint density at radius 2 is 2.12 bits per heavy atom. The standard InChI is InChI=1S/C5H5ClF2/c1-3-2-5(7,8)4(3)6/h2H2,1H3. The van der Waals surface area contributed by atoms with Crippen molar-refractivity contribution in [3.05, 3.63) is 10.6 Å². The number of alkyl halides is 2. The molecule has 0 radical (unpaired) electrons. The second kappa shape index (κ2) is 1.44. The summed E-state index contributed by atoms with van der Waals surface area (Å²) in [6, 6.07) is 0. The van der Waals surface area contributed by atoms with Gasteiger partial charge in [-0.1, -0.05) is 11.6 Å². The van der Waals surface area contributed by atoms with E-state index >= 15 is 0 Å². The van der Waals surface area contributed by atoms with Crippen LogP contribution < -0.4 is 0 Å². The van der Waals surface area contributed by atoms with Crippen molar-refractivity contribution in [3.63, 3.8) is 0 Å². The zero-order chi connectivity index (χ0) is 6.36. The van der Waals surface area contributed by atoms with Gasteiger partial charge in [0.05, 0.1) is 5.03 Å². The predicted molar refractivity (Wildman–Crippen MR) is 28.1 cm³/mol. The SMILES string of the molecule is CC1=C(Cl)C(F)(F)C1. The summed E-state index contributed by atoms with van der Waals surface area (Å²) in [5.41, 5.74) is 0.608. The van der Waals surface area contributed by atoms with Crippen LogP contribution in [0.2, 0.25) is 0 Å². The highest BCUT2D eigenvalue weighted by Crippen LogP contribution is 2.45. The number of rotatable bonds is 0. The van der Waals surface area contributed by atoms with Gasteiger partial charge in [0.1, 0.15) is 0 Å². The van der Waals surface area contributed by atoms with E-state index in [4.69, 9.17) is 11.6 Å². The van der Waals surface area contributed by atoms with Gasteiger partial charge in [-0.2, -0.15) is 8.78 Å². The molecule has 0 atom stereocenters. The average Bonchev–Trinajstić information content (AvgIpc) is 1.65. The van der Waals surface area contributed by atoms with Gasteiger partial charge in [0.25, 0.3) is 5.92 Å². The molecule has 0 nitrogen and oxygen atoms in total. The third-order valence-corrected chi connectivity index (χ3v) is 1.78. The molecule has 0 fully saturated rings. The third kappa shape index (κ3) is 0.635. The summed E-state index contributed by atoms with van der Waals surface area (Å²) in [5, 5.41) is -0.266. The second-order valence-electron chi connectivity index (χ2n) is 1.98. The van der Waals surface area contributed by atoms with Crippen molar-refractivity contribution in [2.45, 2.75) is 19.3 Å². The first-order chi connectivity index (χ1) is 3.54. The smallest absolute Gasteiger partial charge is 0.200 e. The molecule has 0 spiro atoms. The van der Waals surface area contributed by atoms with E-state index in [9.17, 15) is 8.78 Å². The second-order valence-corrected chi connectivity index (χ2v) is 2.35. The highest BCUT2D eigenvalue weighted by Gasteiger charge is 2.43. The monoisotopic (exact) mass is 138 g/mol.